The van der Waals surface area contributed by atoms with E-state index in [0.717, 1.165) is 0 Å². The highest BCUT2D eigenvalue weighted by atomic mass is 35.5. The molecular weight excluding hydrogens is 202 g/mol. The minimum Gasteiger partial charge on any atom is -0.461 e. The maximum Gasteiger partial charge on any atom is 0.197 e. The monoisotopic (exact) mass is 205 g/mol. The van der Waals surface area contributed by atoms with Crippen LogP contribution in [0.2, 0.25) is 5.15 Å². The summed E-state index contributed by atoms with van der Waals surface area (Å²) < 4.78 is 5.08. The van der Waals surface area contributed by atoms with Crippen LogP contribution >= 0.6 is 11.6 Å². The van der Waals surface area contributed by atoms with E-state index in [0.29, 0.717) is 11.6 Å². The van der Waals surface area contributed by atoms with Gasteiger partial charge in [0.05, 0.1) is 12.5 Å². The van der Waals surface area contributed by atoms with Crippen molar-refractivity contribution in [2.75, 3.05) is 0 Å². The molecule has 14 heavy (non-hydrogen) atoms. The third kappa shape index (κ3) is 1.45. The summed E-state index contributed by atoms with van der Waals surface area (Å²) in [6.45, 7) is 0. The van der Waals surface area contributed by atoms with Crippen LogP contribution in [0.25, 0.3) is 11.6 Å². The summed E-state index contributed by atoms with van der Waals surface area (Å²) in [5, 5.41) is 8.74. The molecular formula is C9H4ClN3O. The fourth-order valence-electron chi connectivity index (χ4n) is 0.961. The van der Waals surface area contributed by atoms with Crippen LogP contribution in [-0.2, 0) is 0 Å². The van der Waals surface area contributed by atoms with E-state index in [2.05, 4.69) is 9.97 Å². The number of nitrogens with zero attached hydrogens (tertiary/aromatic N) is 3. The zero-order chi connectivity index (χ0) is 9.97. The van der Waals surface area contributed by atoms with E-state index in [-0.39, 0.29) is 10.7 Å². The van der Waals surface area contributed by atoms with Crippen LogP contribution in [0.4, 0.5) is 0 Å². The summed E-state index contributed by atoms with van der Waals surface area (Å²) in [6.07, 6.45) is 2.89. The SMILES string of the molecule is N#Cc1cnc(-c2ccco2)nc1Cl. The molecule has 5 heteroatoms. The zero-order valence-corrected chi connectivity index (χ0v) is 7.69. The van der Waals surface area contributed by atoms with E-state index in [1.165, 1.54) is 12.5 Å². The molecule has 2 aromatic rings. The minimum atomic E-state index is 0.133. The van der Waals surface area contributed by atoms with Crippen molar-refractivity contribution < 1.29 is 4.42 Å². The summed E-state index contributed by atoms with van der Waals surface area (Å²) in [4.78, 5) is 7.87. The number of nitriles is 1. The first kappa shape index (κ1) is 8.73. The van der Waals surface area contributed by atoms with E-state index in [4.69, 9.17) is 21.3 Å². The van der Waals surface area contributed by atoms with Gasteiger partial charge in [0.25, 0.3) is 0 Å². The normalized spacial score (nSPS) is 9.71. The lowest BCUT2D eigenvalue weighted by Gasteiger charge is -1.96. The largest absolute Gasteiger partial charge is 0.461 e. The summed E-state index contributed by atoms with van der Waals surface area (Å²) in [7, 11) is 0. The summed E-state index contributed by atoms with van der Waals surface area (Å²) in [6, 6.07) is 5.33. The Bertz CT molecular complexity index is 487. The molecule has 4 nitrogen and oxygen atoms in total. The van der Waals surface area contributed by atoms with Gasteiger partial charge >= 0.3 is 0 Å². The van der Waals surface area contributed by atoms with Gasteiger partial charge in [-0.05, 0) is 12.1 Å². The molecule has 0 aromatic carbocycles. The van der Waals surface area contributed by atoms with Crippen molar-refractivity contribution in [3.05, 3.63) is 35.3 Å². The lowest BCUT2D eigenvalue weighted by Crippen LogP contribution is -1.90. The lowest BCUT2D eigenvalue weighted by molar-refractivity contribution is 0.577. The standard InChI is InChI=1S/C9H4ClN3O/c10-8-6(4-11)5-12-9(13-8)7-2-1-3-14-7/h1-3,5H. The van der Waals surface area contributed by atoms with E-state index in [9.17, 15) is 0 Å². The van der Waals surface area contributed by atoms with Crippen molar-refractivity contribution in [1.29, 1.82) is 5.26 Å². The third-order valence-corrected chi connectivity index (χ3v) is 1.89. The van der Waals surface area contributed by atoms with Crippen LogP contribution in [0, 0.1) is 11.3 Å². The number of halogens is 1. The molecule has 0 unspecified atom stereocenters. The van der Waals surface area contributed by atoms with Crippen LogP contribution < -0.4 is 0 Å². The minimum absolute atomic E-state index is 0.133. The van der Waals surface area contributed by atoms with Crippen LogP contribution in [0.3, 0.4) is 0 Å². The quantitative estimate of drug-likeness (QED) is 0.670. The number of aromatic nitrogens is 2. The maximum absolute atomic E-state index is 8.60. The second kappa shape index (κ2) is 3.48. The van der Waals surface area contributed by atoms with Crippen LogP contribution in [0.1, 0.15) is 5.56 Å². The molecule has 2 rings (SSSR count). The second-order valence-corrected chi connectivity index (χ2v) is 2.85. The Balaban J connectivity index is 2.49. The van der Waals surface area contributed by atoms with Crippen molar-refractivity contribution in [2.24, 2.45) is 0 Å². The fraction of sp³-hybridized carbons (Fsp3) is 0. The molecule has 2 aromatic heterocycles. The van der Waals surface area contributed by atoms with Gasteiger partial charge in [-0.25, -0.2) is 9.97 Å². The molecule has 0 saturated carbocycles. The Labute approximate surface area is 84.8 Å². The molecule has 0 bridgehead atoms. The number of hydrogen-bond donors (Lipinski definition) is 0. The van der Waals surface area contributed by atoms with Gasteiger partial charge in [0, 0.05) is 0 Å². The second-order valence-electron chi connectivity index (χ2n) is 2.49. The Kier molecular flexibility index (Phi) is 2.17. The van der Waals surface area contributed by atoms with Crippen LogP contribution in [0.5, 0.6) is 0 Å². The number of rotatable bonds is 1. The molecule has 0 aliphatic heterocycles. The Morgan fingerprint density at radius 1 is 1.50 bits per heavy atom. The number of furan rings is 1. The molecule has 68 valence electrons. The van der Waals surface area contributed by atoms with Gasteiger partial charge in [-0.2, -0.15) is 5.26 Å². The number of hydrogen-bond acceptors (Lipinski definition) is 4. The van der Waals surface area contributed by atoms with Crippen molar-refractivity contribution in [3.63, 3.8) is 0 Å². The van der Waals surface area contributed by atoms with E-state index in [1.54, 1.807) is 12.1 Å². The molecule has 0 aliphatic carbocycles. The van der Waals surface area contributed by atoms with Gasteiger partial charge in [0.2, 0.25) is 0 Å². The van der Waals surface area contributed by atoms with Gasteiger partial charge in [-0.15, -0.1) is 0 Å². The molecule has 0 fully saturated rings. The van der Waals surface area contributed by atoms with E-state index in [1.807, 2.05) is 6.07 Å². The highest BCUT2D eigenvalue weighted by molar-refractivity contribution is 6.30. The van der Waals surface area contributed by atoms with E-state index < -0.39 is 0 Å². The fourth-order valence-corrected chi connectivity index (χ4v) is 1.13. The lowest BCUT2D eigenvalue weighted by atomic mass is 10.3. The first-order valence-electron chi connectivity index (χ1n) is 3.78. The summed E-state index contributed by atoms with van der Waals surface area (Å²) in [5.74, 6) is 0.899. The first-order chi connectivity index (χ1) is 6.81. The molecule has 2 heterocycles. The summed E-state index contributed by atoms with van der Waals surface area (Å²) >= 11 is 5.73. The molecule has 0 atom stereocenters. The Morgan fingerprint density at radius 3 is 2.93 bits per heavy atom. The maximum atomic E-state index is 8.60. The molecule has 0 amide bonds. The molecule has 0 spiro atoms. The molecule has 0 N–H and O–H groups in total. The summed E-state index contributed by atoms with van der Waals surface area (Å²) in [5.41, 5.74) is 0.252. The average molecular weight is 206 g/mol. The topological polar surface area (TPSA) is 62.7 Å². The van der Waals surface area contributed by atoms with E-state index >= 15 is 0 Å². The highest BCUT2D eigenvalue weighted by Gasteiger charge is 2.07. The van der Waals surface area contributed by atoms with Crippen molar-refractivity contribution in [2.45, 2.75) is 0 Å². The predicted octanol–water partition coefficient (Wildman–Crippen LogP) is 2.26. The average Bonchev–Trinajstić information content (AvgIpc) is 2.70. The van der Waals surface area contributed by atoms with Gasteiger partial charge in [-0.3, -0.25) is 0 Å². The predicted molar refractivity (Wildman–Crippen MR) is 49.5 cm³/mol. The van der Waals surface area contributed by atoms with Crippen molar-refractivity contribution in [1.82, 2.24) is 9.97 Å². The first-order valence-corrected chi connectivity index (χ1v) is 4.15. The van der Waals surface area contributed by atoms with Crippen LogP contribution in [-0.4, -0.2) is 9.97 Å². The molecule has 0 aliphatic rings. The van der Waals surface area contributed by atoms with Crippen molar-refractivity contribution in [3.8, 4) is 17.7 Å². The van der Waals surface area contributed by atoms with Gasteiger partial charge in [0.1, 0.15) is 11.6 Å². The van der Waals surface area contributed by atoms with Gasteiger partial charge in [0.15, 0.2) is 16.7 Å². The zero-order valence-electron chi connectivity index (χ0n) is 6.94. The Morgan fingerprint density at radius 2 is 2.36 bits per heavy atom. The van der Waals surface area contributed by atoms with Crippen molar-refractivity contribution >= 4 is 11.6 Å². The van der Waals surface area contributed by atoms with Gasteiger partial charge < -0.3 is 4.42 Å². The smallest absolute Gasteiger partial charge is 0.197 e. The molecule has 0 radical (unpaired) electrons. The Hall–Kier alpha value is -1.86. The third-order valence-electron chi connectivity index (χ3n) is 1.60. The molecule has 0 saturated heterocycles. The van der Waals surface area contributed by atoms with Gasteiger partial charge in [-0.1, -0.05) is 11.6 Å². The highest BCUT2D eigenvalue weighted by Crippen LogP contribution is 2.18. The van der Waals surface area contributed by atoms with Crippen LogP contribution in [0.15, 0.2) is 29.0 Å².